The number of likely N-dealkylation sites (tertiary alicyclic amines) is 1. The van der Waals surface area contributed by atoms with Gasteiger partial charge in [0.1, 0.15) is 5.60 Å². The number of rotatable bonds is 2. The van der Waals surface area contributed by atoms with Gasteiger partial charge in [0, 0.05) is 13.1 Å². The Bertz CT molecular complexity index is 311. The van der Waals surface area contributed by atoms with Crippen molar-refractivity contribution in [3.63, 3.8) is 0 Å². The highest BCUT2D eigenvalue weighted by molar-refractivity contribution is 5.68. The van der Waals surface area contributed by atoms with Gasteiger partial charge in [0.05, 0.1) is 0 Å². The first-order valence-electron chi connectivity index (χ1n) is 6.49. The third kappa shape index (κ3) is 2.73. The van der Waals surface area contributed by atoms with E-state index in [0.717, 1.165) is 32.0 Å². The molecule has 17 heavy (non-hydrogen) atoms. The number of carbonyl (C=O) groups excluding carboxylic acids is 1. The molecule has 2 rings (SSSR count). The topological polar surface area (TPSA) is 41.6 Å². The summed E-state index contributed by atoms with van der Waals surface area (Å²) in [5.74, 6) is 0.750. The van der Waals surface area contributed by atoms with E-state index in [9.17, 15) is 4.79 Å². The molecule has 0 bridgehead atoms. The smallest absolute Gasteiger partial charge is 0.410 e. The van der Waals surface area contributed by atoms with Gasteiger partial charge in [-0.3, -0.25) is 0 Å². The molecule has 1 saturated carbocycles. The molecular weight excluding hydrogens is 216 g/mol. The molecule has 4 nitrogen and oxygen atoms in total. The third-order valence-corrected chi connectivity index (χ3v) is 3.85. The van der Waals surface area contributed by atoms with Gasteiger partial charge in [-0.2, -0.15) is 0 Å². The molecule has 1 heterocycles. The van der Waals surface area contributed by atoms with Crippen LogP contribution < -0.4 is 5.32 Å². The molecule has 2 fully saturated rings. The second kappa shape index (κ2) is 4.16. The monoisotopic (exact) mass is 240 g/mol. The Morgan fingerprint density at radius 2 is 2.24 bits per heavy atom. The van der Waals surface area contributed by atoms with Gasteiger partial charge in [-0.15, -0.1) is 0 Å². The maximum atomic E-state index is 11.9. The second-order valence-corrected chi connectivity index (χ2v) is 6.47. The van der Waals surface area contributed by atoms with Crippen molar-refractivity contribution in [2.75, 3.05) is 26.7 Å². The van der Waals surface area contributed by atoms with Crippen molar-refractivity contribution in [1.29, 1.82) is 0 Å². The van der Waals surface area contributed by atoms with Crippen molar-refractivity contribution < 1.29 is 9.53 Å². The largest absolute Gasteiger partial charge is 0.444 e. The lowest BCUT2D eigenvalue weighted by Gasteiger charge is -2.24. The fourth-order valence-electron chi connectivity index (χ4n) is 2.84. The molecule has 2 unspecified atom stereocenters. The fourth-order valence-corrected chi connectivity index (χ4v) is 2.84. The Morgan fingerprint density at radius 1 is 1.53 bits per heavy atom. The molecule has 0 aromatic rings. The Hall–Kier alpha value is -0.770. The van der Waals surface area contributed by atoms with Crippen LogP contribution in [0.25, 0.3) is 0 Å². The van der Waals surface area contributed by atoms with Gasteiger partial charge in [-0.05, 0) is 58.5 Å². The van der Waals surface area contributed by atoms with E-state index in [1.807, 2.05) is 32.7 Å². The fraction of sp³-hybridized carbons (Fsp3) is 0.923. The van der Waals surface area contributed by atoms with Crippen molar-refractivity contribution in [3.05, 3.63) is 0 Å². The molecule has 2 atom stereocenters. The highest BCUT2D eigenvalue weighted by Crippen LogP contribution is 2.58. The Labute approximate surface area is 104 Å². The Morgan fingerprint density at radius 3 is 2.82 bits per heavy atom. The minimum Gasteiger partial charge on any atom is -0.444 e. The van der Waals surface area contributed by atoms with Crippen molar-refractivity contribution in [1.82, 2.24) is 10.2 Å². The summed E-state index contributed by atoms with van der Waals surface area (Å²) in [4.78, 5) is 13.8. The van der Waals surface area contributed by atoms with Crippen LogP contribution in [0.4, 0.5) is 4.79 Å². The van der Waals surface area contributed by atoms with Crippen molar-refractivity contribution >= 4 is 6.09 Å². The van der Waals surface area contributed by atoms with Crippen LogP contribution in [0.5, 0.6) is 0 Å². The van der Waals surface area contributed by atoms with E-state index in [-0.39, 0.29) is 11.7 Å². The zero-order valence-corrected chi connectivity index (χ0v) is 11.4. The molecule has 1 amide bonds. The summed E-state index contributed by atoms with van der Waals surface area (Å²) < 4.78 is 5.41. The van der Waals surface area contributed by atoms with Gasteiger partial charge in [-0.1, -0.05) is 0 Å². The maximum absolute atomic E-state index is 11.9. The number of ether oxygens (including phenoxy) is 1. The Balaban J connectivity index is 1.85. The first-order valence-corrected chi connectivity index (χ1v) is 6.49. The molecule has 1 aliphatic carbocycles. The minimum atomic E-state index is -0.388. The van der Waals surface area contributed by atoms with E-state index in [2.05, 4.69) is 5.32 Å². The predicted molar refractivity (Wildman–Crippen MR) is 66.9 cm³/mol. The molecule has 0 aromatic heterocycles. The summed E-state index contributed by atoms with van der Waals surface area (Å²) in [6, 6.07) is 0. The standard InChI is InChI=1S/C13H24N2O2/c1-12(2,3)17-11(16)15-6-5-13(9-15)7-10(13)8-14-4/h10,14H,5-9H2,1-4H3. The lowest BCUT2D eigenvalue weighted by molar-refractivity contribution is 0.0284. The summed E-state index contributed by atoms with van der Waals surface area (Å²) >= 11 is 0. The average Bonchev–Trinajstić information content (AvgIpc) is 2.67. The first kappa shape index (κ1) is 12.7. The van der Waals surface area contributed by atoms with E-state index in [1.54, 1.807) is 0 Å². The number of nitrogens with one attached hydrogen (secondary N) is 1. The van der Waals surface area contributed by atoms with Crippen LogP contribution in [0, 0.1) is 11.3 Å². The zero-order chi connectivity index (χ0) is 12.7. The van der Waals surface area contributed by atoms with Crippen LogP contribution in [0.1, 0.15) is 33.6 Å². The van der Waals surface area contributed by atoms with E-state index in [1.165, 1.54) is 6.42 Å². The SMILES string of the molecule is CNCC1CC12CCN(C(=O)OC(C)(C)C)C2. The lowest BCUT2D eigenvalue weighted by Crippen LogP contribution is -2.35. The number of hydrogen-bond acceptors (Lipinski definition) is 3. The van der Waals surface area contributed by atoms with Crippen molar-refractivity contribution in [3.8, 4) is 0 Å². The number of nitrogens with zero attached hydrogens (tertiary/aromatic N) is 1. The molecule has 1 aliphatic heterocycles. The Kier molecular flexibility index (Phi) is 3.10. The van der Waals surface area contributed by atoms with Gasteiger partial charge in [0.2, 0.25) is 0 Å². The summed E-state index contributed by atoms with van der Waals surface area (Å²) in [7, 11) is 1.99. The summed E-state index contributed by atoms with van der Waals surface area (Å²) in [6.45, 7) is 8.55. The van der Waals surface area contributed by atoms with Crippen LogP contribution in [0.3, 0.4) is 0 Å². The molecule has 98 valence electrons. The molecule has 4 heteroatoms. The van der Waals surface area contributed by atoms with E-state index >= 15 is 0 Å². The molecule has 0 radical (unpaired) electrons. The normalized spacial score (nSPS) is 32.0. The minimum absolute atomic E-state index is 0.149. The highest BCUT2D eigenvalue weighted by atomic mass is 16.6. The van der Waals surface area contributed by atoms with Crippen LogP contribution in [0.15, 0.2) is 0 Å². The summed E-state index contributed by atoms with van der Waals surface area (Å²) in [6.07, 6.45) is 2.25. The van der Waals surface area contributed by atoms with Gasteiger partial charge in [0.25, 0.3) is 0 Å². The van der Waals surface area contributed by atoms with Gasteiger partial charge < -0.3 is 15.0 Å². The molecular formula is C13H24N2O2. The van der Waals surface area contributed by atoms with E-state index in [0.29, 0.717) is 5.41 Å². The average molecular weight is 240 g/mol. The van der Waals surface area contributed by atoms with Crippen molar-refractivity contribution in [2.24, 2.45) is 11.3 Å². The van der Waals surface area contributed by atoms with E-state index in [4.69, 9.17) is 4.74 Å². The zero-order valence-electron chi connectivity index (χ0n) is 11.4. The second-order valence-electron chi connectivity index (χ2n) is 6.47. The van der Waals surface area contributed by atoms with Gasteiger partial charge in [-0.25, -0.2) is 4.79 Å². The van der Waals surface area contributed by atoms with E-state index < -0.39 is 0 Å². The predicted octanol–water partition coefficient (Wildman–Crippen LogP) is 1.85. The highest BCUT2D eigenvalue weighted by Gasteiger charge is 2.57. The molecule has 0 aromatic carbocycles. The van der Waals surface area contributed by atoms with Crippen LogP contribution in [0.2, 0.25) is 0 Å². The molecule has 2 aliphatic rings. The lowest BCUT2D eigenvalue weighted by atomic mass is 10.0. The number of hydrogen-bond donors (Lipinski definition) is 1. The van der Waals surface area contributed by atoms with Gasteiger partial charge in [0.15, 0.2) is 0 Å². The maximum Gasteiger partial charge on any atom is 0.410 e. The quantitative estimate of drug-likeness (QED) is 0.801. The summed E-state index contributed by atoms with van der Waals surface area (Å²) in [5.41, 5.74) is 0.0146. The molecule has 1 saturated heterocycles. The van der Waals surface area contributed by atoms with Crippen molar-refractivity contribution in [2.45, 2.75) is 39.2 Å². The first-order chi connectivity index (χ1) is 7.86. The summed E-state index contributed by atoms with van der Waals surface area (Å²) in [5, 5.41) is 3.23. The van der Waals surface area contributed by atoms with Crippen LogP contribution in [-0.2, 0) is 4.74 Å². The van der Waals surface area contributed by atoms with Crippen LogP contribution in [-0.4, -0.2) is 43.3 Å². The number of amides is 1. The number of carbonyl (C=O) groups is 1. The molecule has 1 N–H and O–H groups in total. The molecule has 1 spiro atoms. The van der Waals surface area contributed by atoms with Gasteiger partial charge >= 0.3 is 6.09 Å². The van der Waals surface area contributed by atoms with Crippen LogP contribution >= 0.6 is 0 Å². The third-order valence-electron chi connectivity index (χ3n) is 3.85.